The number of para-hydroxylation sites is 2. The minimum Gasteiger partial charge on any atom is -0.456 e. The van der Waals surface area contributed by atoms with Crippen LogP contribution in [0.2, 0.25) is 5.02 Å². The lowest BCUT2D eigenvalue weighted by atomic mass is 10.1. The molecule has 0 aliphatic carbocycles. The average molecular weight is 523 g/mol. The topological polar surface area (TPSA) is 56.7 Å². The monoisotopic (exact) mass is 522 g/mol. The largest absolute Gasteiger partial charge is 0.456 e. The van der Waals surface area contributed by atoms with Crippen LogP contribution in [0.5, 0.6) is 0 Å². The van der Waals surface area contributed by atoms with Crippen molar-refractivity contribution in [2.75, 3.05) is 0 Å². The van der Waals surface area contributed by atoms with E-state index < -0.39 is 0 Å². The number of halogens is 1. The van der Waals surface area contributed by atoms with Crippen molar-refractivity contribution in [3.05, 3.63) is 120 Å². The predicted molar refractivity (Wildman–Crippen MR) is 157 cm³/mol. The lowest BCUT2D eigenvalue weighted by Gasteiger charge is -2.10. The van der Waals surface area contributed by atoms with Gasteiger partial charge in [-0.05, 0) is 42.5 Å². The number of fused-ring (bicyclic) bond motifs is 6. The molecule has 5 aromatic carbocycles. The van der Waals surface area contributed by atoms with E-state index in [2.05, 4.69) is 41.0 Å². The Morgan fingerprint density at radius 1 is 0.513 bits per heavy atom. The molecule has 0 saturated carbocycles. The summed E-state index contributed by atoms with van der Waals surface area (Å²) < 4.78 is 8.28. The van der Waals surface area contributed by atoms with E-state index in [9.17, 15) is 0 Å². The van der Waals surface area contributed by atoms with Crippen molar-refractivity contribution in [1.29, 1.82) is 0 Å². The molecule has 0 fully saturated rings. The van der Waals surface area contributed by atoms with E-state index in [1.807, 2.05) is 78.9 Å². The van der Waals surface area contributed by atoms with Crippen LogP contribution in [0.15, 0.2) is 120 Å². The highest BCUT2D eigenvalue weighted by molar-refractivity contribution is 6.31. The second-order valence-corrected chi connectivity index (χ2v) is 9.91. The molecule has 3 heterocycles. The van der Waals surface area contributed by atoms with E-state index in [1.54, 1.807) is 0 Å². The van der Waals surface area contributed by atoms with Crippen molar-refractivity contribution in [1.82, 2.24) is 19.5 Å². The number of hydrogen-bond acceptors (Lipinski definition) is 4. The number of hydrogen-bond donors (Lipinski definition) is 0. The summed E-state index contributed by atoms with van der Waals surface area (Å²) in [6.45, 7) is 0. The van der Waals surface area contributed by atoms with Gasteiger partial charge in [-0.15, -0.1) is 0 Å². The molecule has 0 amide bonds. The summed E-state index contributed by atoms with van der Waals surface area (Å²) in [6, 6.07) is 38.4. The SMILES string of the molecule is Clc1ccc2oc3cc(-c4nc(-c5ccccc5)nc(-n5c6ccccc6c6ccccc65)n4)ccc3c2c1. The third-order valence-corrected chi connectivity index (χ3v) is 7.36. The van der Waals surface area contributed by atoms with Gasteiger partial charge in [0.25, 0.3) is 0 Å². The molecule has 0 bridgehead atoms. The van der Waals surface area contributed by atoms with E-state index in [4.69, 9.17) is 31.0 Å². The number of furan rings is 1. The van der Waals surface area contributed by atoms with Gasteiger partial charge in [0, 0.05) is 37.7 Å². The van der Waals surface area contributed by atoms with Crippen molar-refractivity contribution in [2.45, 2.75) is 0 Å². The molecule has 8 aromatic rings. The second-order valence-electron chi connectivity index (χ2n) is 9.47. The molecular formula is C33H19ClN4O. The highest BCUT2D eigenvalue weighted by Gasteiger charge is 2.18. The summed E-state index contributed by atoms with van der Waals surface area (Å²) in [5.74, 6) is 1.74. The van der Waals surface area contributed by atoms with Crippen LogP contribution in [-0.4, -0.2) is 19.5 Å². The maximum Gasteiger partial charge on any atom is 0.238 e. The van der Waals surface area contributed by atoms with Crippen LogP contribution in [0.4, 0.5) is 0 Å². The van der Waals surface area contributed by atoms with Crippen LogP contribution >= 0.6 is 11.6 Å². The van der Waals surface area contributed by atoms with Gasteiger partial charge < -0.3 is 4.42 Å². The van der Waals surface area contributed by atoms with Gasteiger partial charge in [0.1, 0.15) is 11.2 Å². The van der Waals surface area contributed by atoms with Crippen LogP contribution in [-0.2, 0) is 0 Å². The number of nitrogens with zero attached hydrogens (tertiary/aromatic N) is 4. The molecule has 0 radical (unpaired) electrons. The zero-order chi connectivity index (χ0) is 25.9. The predicted octanol–water partition coefficient (Wildman–Crippen LogP) is 8.86. The first-order valence-corrected chi connectivity index (χ1v) is 13.0. The van der Waals surface area contributed by atoms with Gasteiger partial charge in [0.15, 0.2) is 11.6 Å². The first-order valence-electron chi connectivity index (χ1n) is 12.7. The molecule has 0 atom stereocenters. The molecule has 0 unspecified atom stereocenters. The molecule has 5 nitrogen and oxygen atoms in total. The Labute approximate surface area is 228 Å². The van der Waals surface area contributed by atoms with Crippen LogP contribution in [0.1, 0.15) is 0 Å². The summed E-state index contributed by atoms with van der Waals surface area (Å²) in [4.78, 5) is 14.9. The first-order chi connectivity index (χ1) is 19.2. The minimum atomic E-state index is 0.563. The van der Waals surface area contributed by atoms with Crippen molar-refractivity contribution >= 4 is 55.3 Å². The van der Waals surface area contributed by atoms with Crippen LogP contribution in [0, 0.1) is 0 Å². The summed E-state index contributed by atoms with van der Waals surface area (Å²) in [5.41, 5.74) is 5.39. The maximum atomic E-state index is 6.26. The molecule has 8 rings (SSSR count). The van der Waals surface area contributed by atoms with Crippen molar-refractivity contribution in [3.63, 3.8) is 0 Å². The molecule has 0 spiro atoms. The van der Waals surface area contributed by atoms with Crippen LogP contribution in [0.3, 0.4) is 0 Å². The molecule has 0 N–H and O–H groups in total. The third-order valence-electron chi connectivity index (χ3n) is 7.13. The quantitative estimate of drug-likeness (QED) is 0.232. The summed E-state index contributed by atoms with van der Waals surface area (Å²) in [5, 5.41) is 4.96. The Morgan fingerprint density at radius 2 is 1.18 bits per heavy atom. The molecule has 3 aromatic heterocycles. The number of rotatable bonds is 3. The maximum absolute atomic E-state index is 6.26. The fourth-order valence-corrected chi connectivity index (χ4v) is 5.51. The average Bonchev–Trinajstić information content (AvgIpc) is 3.52. The molecule has 0 aliphatic rings. The van der Waals surface area contributed by atoms with Gasteiger partial charge in [-0.2, -0.15) is 9.97 Å². The molecule has 39 heavy (non-hydrogen) atoms. The van der Waals surface area contributed by atoms with Gasteiger partial charge in [0.2, 0.25) is 5.95 Å². The standard InChI is InChI=1S/C33H19ClN4O/c34-22-15-17-29-26(19-22)25-16-14-21(18-30(25)39-29)32-35-31(20-8-2-1-3-9-20)36-33(37-32)38-27-12-6-4-10-23(27)24-11-5-7-13-28(24)38/h1-19H. The summed E-state index contributed by atoms with van der Waals surface area (Å²) in [7, 11) is 0. The van der Waals surface area contributed by atoms with Gasteiger partial charge in [0.05, 0.1) is 11.0 Å². The van der Waals surface area contributed by atoms with E-state index in [-0.39, 0.29) is 0 Å². The van der Waals surface area contributed by atoms with Gasteiger partial charge in [-0.3, -0.25) is 4.57 Å². The lowest BCUT2D eigenvalue weighted by Crippen LogP contribution is -2.06. The molecule has 0 saturated heterocycles. The van der Waals surface area contributed by atoms with E-state index >= 15 is 0 Å². The Bertz CT molecular complexity index is 2140. The Morgan fingerprint density at radius 3 is 1.92 bits per heavy atom. The number of aromatic nitrogens is 4. The third kappa shape index (κ3) is 3.51. The Balaban J connectivity index is 1.40. The van der Waals surface area contributed by atoms with Crippen molar-refractivity contribution in [2.24, 2.45) is 0 Å². The number of benzene rings is 5. The van der Waals surface area contributed by atoms with Gasteiger partial charge in [-0.1, -0.05) is 84.4 Å². The van der Waals surface area contributed by atoms with Crippen LogP contribution in [0.25, 0.3) is 72.5 Å². The Hall–Kier alpha value is -5.00. The molecule has 184 valence electrons. The highest BCUT2D eigenvalue weighted by Crippen LogP contribution is 2.35. The lowest BCUT2D eigenvalue weighted by molar-refractivity contribution is 0.669. The molecule has 0 aliphatic heterocycles. The zero-order valence-electron chi connectivity index (χ0n) is 20.5. The van der Waals surface area contributed by atoms with E-state index in [0.717, 1.165) is 54.9 Å². The fraction of sp³-hybridized carbons (Fsp3) is 0. The van der Waals surface area contributed by atoms with E-state index in [0.29, 0.717) is 22.6 Å². The molecular weight excluding hydrogens is 504 g/mol. The van der Waals surface area contributed by atoms with Crippen molar-refractivity contribution < 1.29 is 4.42 Å². The van der Waals surface area contributed by atoms with Gasteiger partial charge >= 0.3 is 0 Å². The Kier molecular flexibility index (Phi) is 4.81. The summed E-state index contributed by atoms with van der Waals surface area (Å²) >= 11 is 6.26. The summed E-state index contributed by atoms with van der Waals surface area (Å²) in [6.07, 6.45) is 0. The van der Waals surface area contributed by atoms with Gasteiger partial charge in [-0.25, -0.2) is 4.98 Å². The van der Waals surface area contributed by atoms with Crippen LogP contribution < -0.4 is 0 Å². The van der Waals surface area contributed by atoms with E-state index in [1.165, 1.54) is 0 Å². The zero-order valence-corrected chi connectivity index (χ0v) is 21.3. The second kappa shape index (κ2) is 8.51. The molecule has 6 heteroatoms. The fourth-order valence-electron chi connectivity index (χ4n) is 5.34. The minimum absolute atomic E-state index is 0.563. The smallest absolute Gasteiger partial charge is 0.238 e. The highest BCUT2D eigenvalue weighted by atomic mass is 35.5. The first kappa shape index (κ1) is 22.0. The van der Waals surface area contributed by atoms with Crippen molar-refractivity contribution in [3.8, 4) is 28.7 Å². The normalized spacial score (nSPS) is 11.7.